The van der Waals surface area contributed by atoms with Gasteiger partial charge in [-0.2, -0.15) is 0 Å². The summed E-state index contributed by atoms with van der Waals surface area (Å²) in [5.74, 6) is -2.31. The molecule has 6 nitrogen and oxygen atoms in total. The van der Waals surface area contributed by atoms with Crippen molar-refractivity contribution in [1.82, 2.24) is 4.90 Å². The molecule has 0 radical (unpaired) electrons. The smallest absolute Gasteiger partial charge is 0.320 e. The van der Waals surface area contributed by atoms with E-state index in [1.54, 1.807) is 6.92 Å². The number of carboxylic acid groups (broad SMARTS) is 2. The Morgan fingerprint density at radius 2 is 1.47 bits per heavy atom. The Balaban J connectivity index is 4.87. The average Bonchev–Trinajstić information content (AvgIpc) is 2.16. The van der Waals surface area contributed by atoms with Crippen LogP contribution in [0.3, 0.4) is 0 Å². The molecule has 0 aromatic carbocycles. The molecule has 88 valence electrons. The Kier molecular flexibility index (Phi) is 5.24. The zero-order chi connectivity index (χ0) is 12.2. The van der Waals surface area contributed by atoms with Gasteiger partial charge in [0, 0.05) is 0 Å². The molecule has 0 fully saturated rings. The van der Waals surface area contributed by atoms with Gasteiger partial charge in [0.2, 0.25) is 0 Å². The van der Waals surface area contributed by atoms with Gasteiger partial charge in [0.05, 0.1) is 0 Å². The maximum absolute atomic E-state index is 10.7. The molecule has 0 aliphatic rings. The van der Waals surface area contributed by atoms with Crippen LogP contribution in [0.5, 0.6) is 0 Å². The first-order valence-electron chi connectivity index (χ1n) is 4.74. The van der Waals surface area contributed by atoms with Gasteiger partial charge in [-0.3, -0.25) is 14.5 Å². The summed E-state index contributed by atoms with van der Waals surface area (Å²) in [6.45, 7) is 4.35. The molecule has 3 atom stereocenters. The van der Waals surface area contributed by atoms with Crippen molar-refractivity contribution in [3.05, 3.63) is 0 Å². The third-order valence-electron chi connectivity index (χ3n) is 2.32. The standard InChI is InChI=1S/C9H17NO5/c1-4-7(11)10(5(2)8(12)13)6(3)9(14)15/h5-7,11H,4H2,1-3H3,(H,12,13)(H,14,15). The second-order valence-electron chi connectivity index (χ2n) is 3.36. The van der Waals surface area contributed by atoms with Gasteiger partial charge in [0.15, 0.2) is 0 Å². The average molecular weight is 219 g/mol. The van der Waals surface area contributed by atoms with Gasteiger partial charge in [-0.15, -0.1) is 0 Å². The number of carboxylic acids is 2. The lowest BCUT2D eigenvalue weighted by Gasteiger charge is -2.33. The van der Waals surface area contributed by atoms with Gasteiger partial charge in [0.25, 0.3) is 0 Å². The van der Waals surface area contributed by atoms with E-state index in [1.165, 1.54) is 13.8 Å². The number of rotatable bonds is 6. The lowest BCUT2D eigenvalue weighted by atomic mass is 10.1. The largest absolute Gasteiger partial charge is 0.480 e. The van der Waals surface area contributed by atoms with Crippen LogP contribution in [-0.2, 0) is 9.59 Å². The first-order valence-corrected chi connectivity index (χ1v) is 4.74. The predicted octanol–water partition coefficient (Wildman–Crippen LogP) is -0.0370. The van der Waals surface area contributed by atoms with E-state index in [0.717, 1.165) is 4.90 Å². The van der Waals surface area contributed by atoms with Crippen LogP contribution in [0.2, 0.25) is 0 Å². The Labute approximate surface area is 88.1 Å². The summed E-state index contributed by atoms with van der Waals surface area (Å²) in [6.07, 6.45) is -0.794. The molecule has 3 unspecified atom stereocenters. The lowest BCUT2D eigenvalue weighted by molar-refractivity contribution is -0.159. The summed E-state index contributed by atoms with van der Waals surface area (Å²) < 4.78 is 0. The van der Waals surface area contributed by atoms with Gasteiger partial charge in [-0.05, 0) is 20.3 Å². The van der Waals surface area contributed by atoms with Crippen molar-refractivity contribution in [3.63, 3.8) is 0 Å². The Bertz CT molecular complexity index is 223. The van der Waals surface area contributed by atoms with Crippen LogP contribution >= 0.6 is 0 Å². The molecule has 0 aromatic rings. The summed E-state index contributed by atoms with van der Waals surface area (Å²) in [4.78, 5) is 22.5. The molecule has 3 N–H and O–H groups in total. The highest BCUT2D eigenvalue weighted by molar-refractivity contribution is 5.77. The van der Waals surface area contributed by atoms with E-state index >= 15 is 0 Å². The zero-order valence-corrected chi connectivity index (χ0v) is 9.04. The highest BCUT2D eigenvalue weighted by atomic mass is 16.4. The minimum atomic E-state index is -1.16. The molecule has 0 aromatic heterocycles. The minimum absolute atomic E-state index is 0.273. The molecule has 0 saturated carbocycles. The van der Waals surface area contributed by atoms with Crippen molar-refractivity contribution in [3.8, 4) is 0 Å². The quantitative estimate of drug-likeness (QED) is 0.542. The first-order chi connectivity index (χ1) is 6.82. The van der Waals surface area contributed by atoms with Gasteiger partial charge >= 0.3 is 11.9 Å². The summed E-state index contributed by atoms with van der Waals surface area (Å²) in [5, 5.41) is 27.1. The second kappa shape index (κ2) is 5.67. The van der Waals surface area contributed by atoms with Crippen molar-refractivity contribution in [2.45, 2.75) is 45.5 Å². The van der Waals surface area contributed by atoms with Crippen molar-refractivity contribution >= 4 is 11.9 Å². The molecule has 0 rings (SSSR count). The Morgan fingerprint density at radius 1 is 1.13 bits per heavy atom. The van der Waals surface area contributed by atoms with Crippen LogP contribution in [-0.4, -0.2) is 50.5 Å². The normalized spacial score (nSPS) is 17.1. The molecular formula is C9H17NO5. The Morgan fingerprint density at radius 3 is 1.67 bits per heavy atom. The van der Waals surface area contributed by atoms with Crippen LogP contribution in [0.25, 0.3) is 0 Å². The van der Waals surface area contributed by atoms with Crippen molar-refractivity contribution in [2.75, 3.05) is 0 Å². The molecule has 15 heavy (non-hydrogen) atoms. The fraction of sp³-hybridized carbons (Fsp3) is 0.778. The van der Waals surface area contributed by atoms with Gasteiger partial charge in [-0.25, -0.2) is 0 Å². The van der Waals surface area contributed by atoms with E-state index in [1.807, 2.05) is 0 Å². The summed E-state index contributed by atoms with van der Waals surface area (Å²) in [5.41, 5.74) is 0. The third-order valence-corrected chi connectivity index (χ3v) is 2.32. The molecule has 0 amide bonds. The monoisotopic (exact) mass is 219 g/mol. The van der Waals surface area contributed by atoms with Crippen LogP contribution in [0.4, 0.5) is 0 Å². The highest BCUT2D eigenvalue weighted by Gasteiger charge is 2.33. The van der Waals surface area contributed by atoms with Gasteiger partial charge in [0.1, 0.15) is 18.3 Å². The minimum Gasteiger partial charge on any atom is -0.480 e. The van der Waals surface area contributed by atoms with Gasteiger partial charge in [-0.1, -0.05) is 6.92 Å². The number of hydrogen-bond donors (Lipinski definition) is 3. The zero-order valence-electron chi connectivity index (χ0n) is 9.04. The van der Waals surface area contributed by atoms with E-state index < -0.39 is 30.3 Å². The topological polar surface area (TPSA) is 98.1 Å². The number of aliphatic hydroxyl groups excluding tert-OH is 1. The summed E-state index contributed by atoms with van der Waals surface area (Å²) in [7, 11) is 0. The lowest BCUT2D eigenvalue weighted by Crippen LogP contribution is -2.53. The van der Waals surface area contributed by atoms with Crippen LogP contribution in [0.15, 0.2) is 0 Å². The van der Waals surface area contributed by atoms with Crippen molar-refractivity contribution < 1.29 is 24.9 Å². The fourth-order valence-corrected chi connectivity index (χ4v) is 1.32. The maximum Gasteiger partial charge on any atom is 0.320 e. The van der Waals surface area contributed by atoms with E-state index in [9.17, 15) is 14.7 Å². The number of aliphatic hydroxyl groups is 1. The molecule has 6 heteroatoms. The van der Waals surface area contributed by atoms with E-state index in [-0.39, 0.29) is 6.42 Å². The number of hydrogen-bond acceptors (Lipinski definition) is 4. The molecule has 0 aliphatic carbocycles. The predicted molar refractivity (Wildman–Crippen MR) is 52.3 cm³/mol. The summed E-state index contributed by atoms with van der Waals surface area (Å²) >= 11 is 0. The van der Waals surface area contributed by atoms with Crippen LogP contribution in [0.1, 0.15) is 27.2 Å². The maximum atomic E-state index is 10.7. The Hall–Kier alpha value is -1.14. The molecule has 0 spiro atoms. The van der Waals surface area contributed by atoms with E-state index in [4.69, 9.17) is 10.2 Å². The van der Waals surface area contributed by atoms with Crippen LogP contribution in [0, 0.1) is 0 Å². The SMILES string of the molecule is CCC(O)N(C(C)C(=O)O)C(C)C(=O)O. The molecule has 0 aliphatic heterocycles. The number of carbonyl (C=O) groups is 2. The molecular weight excluding hydrogens is 202 g/mol. The summed E-state index contributed by atoms with van der Waals surface area (Å²) in [6, 6.07) is -2.07. The molecule has 0 heterocycles. The van der Waals surface area contributed by atoms with Crippen LogP contribution < -0.4 is 0 Å². The van der Waals surface area contributed by atoms with E-state index in [2.05, 4.69) is 0 Å². The van der Waals surface area contributed by atoms with Crippen molar-refractivity contribution in [2.24, 2.45) is 0 Å². The highest BCUT2D eigenvalue weighted by Crippen LogP contribution is 2.12. The molecule has 0 bridgehead atoms. The van der Waals surface area contributed by atoms with Gasteiger partial charge < -0.3 is 15.3 Å². The first kappa shape index (κ1) is 13.9. The number of aliphatic carboxylic acids is 2. The number of nitrogens with zero attached hydrogens (tertiary/aromatic N) is 1. The van der Waals surface area contributed by atoms with Crippen molar-refractivity contribution in [1.29, 1.82) is 0 Å². The fourth-order valence-electron chi connectivity index (χ4n) is 1.32. The second-order valence-corrected chi connectivity index (χ2v) is 3.36. The molecule has 0 saturated heterocycles. The third kappa shape index (κ3) is 3.49. The van der Waals surface area contributed by atoms with E-state index in [0.29, 0.717) is 0 Å².